The average molecular weight is 206 g/mol. The number of rotatable bonds is 2. The lowest BCUT2D eigenvalue weighted by Crippen LogP contribution is -1.96. The molecule has 4 heteroatoms. The van der Waals surface area contributed by atoms with E-state index in [9.17, 15) is 5.11 Å². The smallest absolute Gasteiger partial charge is 0.130 e. The van der Waals surface area contributed by atoms with Gasteiger partial charge in [0.05, 0.1) is 11.1 Å². The molecule has 1 rings (SSSR count). The van der Waals surface area contributed by atoms with Crippen molar-refractivity contribution in [3.8, 4) is 0 Å². The van der Waals surface area contributed by atoms with Gasteiger partial charge in [0.1, 0.15) is 5.15 Å². The summed E-state index contributed by atoms with van der Waals surface area (Å²) in [5.74, 6) is 0. The molecule has 1 atom stereocenters. The number of nitrogens with zero attached hydrogens (tertiary/aromatic N) is 1. The highest BCUT2D eigenvalue weighted by Gasteiger charge is 2.09. The molecule has 0 aromatic carbocycles. The van der Waals surface area contributed by atoms with Gasteiger partial charge in [0.15, 0.2) is 0 Å². The van der Waals surface area contributed by atoms with Crippen LogP contribution < -0.4 is 0 Å². The Morgan fingerprint density at radius 2 is 2.25 bits per heavy atom. The van der Waals surface area contributed by atoms with E-state index in [0.717, 1.165) is 0 Å². The van der Waals surface area contributed by atoms with Crippen molar-refractivity contribution in [1.29, 1.82) is 0 Å². The van der Waals surface area contributed by atoms with Crippen molar-refractivity contribution in [2.24, 2.45) is 0 Å². The molecule has 0 saturated carbocycles. The van der Waals surface area contributed by atoms with Crippen molar-refractivity contribution < 1.29 is 5.11 Å². The van der Waals surface area contributed by atoms with Crippen LogP contribution in [0.25, 0.3) is 0 Å². The van der Waals surface area contributed by atoms with Crippen molar-refractivity contribution in [2.75, 3.05) is 0 Å². The maximum absolute atomic E-state index is 9.43. The minimum absolute atomic E-state index is 0.340. The van der Waals surface area contributed by atoms with E-state index < -0.39 is 6.10 Å². The summed E-state index contributed by atoms with van der Waals surface area (Å²) in [6.07, 6.45) is 1.56. The maximum Gasteiger partial charge on any atom is 0.130 e. The lowest BCUT2D eigenvalue weighted by atomic mass is 10.1. The Labute approximate surface area is 81.1 Å². The zero-order valence-electron chi connectivity index (χ0n) is 6.59. The van der Waals surface area contributed by atoms with E-state index in [0.29, 0.717) is 22.2 Å². The molecule has 1 heterocycles. The van der Waals surface area contributed by atoms with Crippen molar-refractivity contribution in [2.45, 2.75) is 19.4 Å². The molecule has 0 aliphatic carbocycles. The molecule has 1 aromatic heterocycles. The van der Waals surface area contributed by atoms with Crippen LogP contribution in [0.4, 0.5) is 0 Å². The summed E-state index contributed by atoms with van der Waals surface area (Å²) < 4.78 is 0. The first-order valence-electron chi connectivity index (χ1n) is 3.64. The van der Waals surface area contributed by atoms with Crippen molar-refractivity contribution in [3.63, 3.8) is 0 Å². The van der Waals surface area contributed by atoms with Gasteiger partial charge in [-0.2, -0.15) is 0 Å². The Kier molecular flexibility index (Phi) is 3.32. The standard InChI is InChI=1S/C8H9Cl2NO/c1-2-7(12)5-4-11-8(10)3-6(5)9/h3-4,7,12H,2H2,1H3. The number of hydrogen-bond acceptors (Lipinski definition) is 2. The second-order valence-electron chi connectivity index (χ2n) is 2.45. The number of aliphatic hydroxyl groups excluding tert-OH is 1. The number of pyridine rings is 1. The molecule has 0 aliphatic rings. The number of hydrogen-bond donors (Lipinski definition) is 1. The summed E-state index contributed by atoms with van der Waals surface area (Å²) in [4.78, 5) is 3.83. The van der Waals surface area contributed by atoms with Gasteiger partial charge in [-0.1, -0.05) is 30.1 Å². The Balaban J connectivity index is 3.01. The van der Waals surface area contributed by atoms with Crippen molar-refractivity contribution in [1.82, 2.24) is 4.98 Å². The summed E-state index contributed by atoms with van der Waals surface area (Å²) in [6, 6.07) is 1.53. The molecular weight excluding hydrogens is 197 g/mol. The highest BCUT2D eigenvalue weighted by atomic mass is 35.5. The molecule has 0 spiro atoms. The fourth-order valence-corrected chi connectivity index (χ4v) is 1.38. The van der Waals surface area contributed by atoms with Gasteiger partial charge in [-0.05, 0) is 12.5 Å². The molecule has 1 N–H and O–H groups in total. The van der Waals surface area contributed by atoms with Gasteiger partial charge >= 0.3 is 0 Å². The fraction of sp³-hybridized carbons (Fsp3) is 0.375. The summed E-state index contributed by atoms with van der Waals surface area (Å²) >= 11 is 11.4. The van der Waals surface area contributed by atoms with E-state index in [-0.39, 0.29) is 0 Å². The SMILES string of the molecule is CCC(O)c1cnc(Cl)cc1Cl. The van der Waals surface area contributed by atoms with Gasteiger partial charge in [-0.3, -0.25) is 0 Å². The van der Waals surface area contributed by atoms with Crippen LogP contribution in [0.5, 0.6) is 0 Å². The quantitative estimate of drug-likeness (QED) is 0.754. The summed E-state index contributed by atoms with van der Waals surface area (Å²) in [5, 5.41) is 10.2. The molecule has 2 nitrogen and oxygen atoms in total. The average Bonchev–Trinajstić information content (AvgIpc) is 2.03. The molecule has 66 valence electrons. The Hall–Kier alpha value is -0.310. The third-order valence-electron chi connectivity index (χ3n) is 1.59. The third-order valence-corrected chi connectivity index (χ3v) is 2.13. The monoisotopic (exact) mass is 205 g/mol. The normalized spacial score (nSPS) is 13.0. The van der Waals surface area contributed by atoms with Crippen LogP contribution in [-0.4, -0.2) is 10.1 Å². The zero-order valence-corrected chi connectivity index (χ0v) is 8.10. The molecule has 0 amide bonds. The van der Waals surface area contributed by atoms with Gasteiger partial charge in [0.25, 0.3) is 0 Å². The lowest BCUT2D eigenvalue weighted by Gasteiger charge is -2.08. The predicted octanol–water partition coefficient (Wildman–Crippen LogP) is 2.83. The molecule has 0 radical (unpaired) electrons. The zero-order chi connectivity index (χ0) is 9.14. The first-order valence-corrected chi connectivity index (χ1v) is 4.39. The van der Waals surface area contributed by atoms with Crippen LogP contribution in [0.1, 0.15) is 25.0 Å². The fourth-order valence-electron chi connectivity index (χ4n) is 0.883. The van der Waals surface area contributed by atoms with Gasteiger partial charge < -0.3 is 5.11 Å². The van der Waals surface area contributed by atoms with Gasteiger partial charge in [-0.15, -0.1) is 0 Å². The van der Waals surface area contributed by atoms with Crippen LogP contribution in [0.15, 0.2) is 12.3 Å². The van der Waals surface area contributed by atoms with E-state index in [1.165, 1.54) is 12.3 Å². The molecular formula is C8H9Cl2NO. The molecule has 12 heavy (non-hydrogen) atoms. The number of aliphatic hydroxyl groups is 1. The van der Waals surface area contributed by atoms with Crippen LogP contribution >= 0.6 is 23.2 Å². The minimum Gasteiger partial charge on any atom is -0.388 e. The van der Waals surface area contributed by atoms with Gasteiger partial charge in [-0.25, -0.2) is 4.98 Å². The summed E-state index contributed by atoms with van der Waals surface area (Å²) in [6.45, 7) is 1.87. The van der Waals surface area contributed by atoms with E-state index in [2.05, 4.69) is 4.98 Å². The first-order chi connectivity index (χ1) is 5.65. The molecule has 0 aliphatic heterocycles. The highest BCUT2D eigenvalue weighted by molar-refractivity contribution is 6.34. The molecule has 1 unspecified atom stereocenters. The van der Waals surface area contributed by atoms with E-state index in [4.69, 9.17) is 23.2 Å². The molecule has 1 aromatic rings. The van der Waals surface area contributed by atoms with Gasteiger partial charge in [0, 0.05) is 11.8 Å². The lowest BCUT2D eigenvalue weighted by molar-refractivity contribution is 0.173. The molecule has 0 saturated heterocycles. The molecule has 0 bridgehead atoms. The summed E-state index contributed by atoms with van der Waals surface area (Å²) in [5.41, 5.74) is 0.628. The first kappa shape index (κ1) is 9.78. The number of halogens is 2. The Morgan fingerprint density at radius 1 is 1.58 bits per heavy atom. The second-order valence-corrected chi connectivity index (χ2v) is 3.25. The number of aromatic nitrogens is 1. The highest BCUT2D eigenvalue weighted by Crippen LogP contribution is 2.25. The minimum atomic E-state index is -0.553. The van der Waals surface area contributed by atoms with Crippen LogP contribution in [-0.2, 0) is 0 Å². The van der Waals surface area contributed by atoms with E-state index in [1.807, 2.05) is 6.92 Å². The van der Waals surface area contributed by atoms with Crippen molar-refractivity contribution in [3.05, 3.63) is 28.0 Å². The van der Waals surface area contributed by atoms with Crippen LogP contribution in [0.2, 0.25) is 10.2 Å². The molecule has 0 fully saturated rings. The predicted molar refractivity (Wildman–Crippen MR) is 49.5 cm³/mol. The van der Waals surface area contributed by atoms with E-state index >= 15 is 0 Å². The van der Waals surface area contributed by atoms with Crippen LogP contribution in [0.3, 0.4) is 0 Å². The maximum atomic E-state index is 9.43. The Morgan fingerprint density at radius 3 is 2.75 bits per heavy atom. The van der Waals surface area contributed by atoms with Crippen molar-refractivity contribution >= 4 is 23.2 Å². The largest absolute Gasteiger partial charge is 0.388 e. The van der Waals surface area contributed by atoms with Gasteiger partial charge in [0.2, 0.25) is 0 Å². The summed E-state index contributed by atoms with van der Waals surface area (Å²) in [7, 11) is 0. The van der Waals surface area contributed by atoms with E-state index in [1.54, 1.807) is 0 Å². The Bertz CT molecular complexity index is 278. The second kappa shape index (κ2) is 4.08. The third kappa shape index (κ3) is 2.09. The topological polar surface area (TPSA) is 33.1 Å². The van der Waals surface area contributed by atoms with Crippen LogP contribution in [0, 0.1) is 0 Å².